The normalized spacial score (nSPS) is 16.1. The first kappa shape index (κ1) is 8.41. The molecule has 1 aromatic rings. The minimum atomic E-state index is 0.294. The summed E-state index contributed by atoms with van der Waals surface area (Å²) in [6.07, 6.45) is 5.43. The molecule has 0 bridgehead atoms. The zero-order chi connectivity index (χ0) is 9.26. The van der Waals surface area contributed by atoms with Crippen molar-refractivity contribution < 1.29 is 4.79 Å². The minimum Gasteiger partial charge on any atom is -0.299 e. The Kier molecular flexibility index (Phi) is 2.12. The van der Waals surface area contributed by atoms with Crippen LogP contribution in [0, 0.1) is 5.92 Å². The van der Waals surface area contributed by atoms with Gasteiger partial charge in [-0.15, -0.1) is 5.10 Å². The lowest BCUT2D eigenvalue weighted by Crippen LogP contribution is -2.03. The lowest BCUT2D eigenvalue weighted by molar-refractivity contribution is -0.118. The monoisotopic (exact) mass is 179 g/mol. The largest absolute Gasteiger partial charge is 0.299 e. The number of nitrogens with zero attached hydrogens (tertiary/aromatic N) is 3. The van der Waals surface area contributed by atoms with E-state index in [-0.39, 0.29) is 0 Å². The zero-order valence-corrected chi connectivity index (χ0v) is 7.73. The quantitative estimate of drug-likeness (QED) is 0.684. The van der Waals surface area contributed by atoms with Gasteiger partial charge in [0.15, 0.2) is 0 Å². The average molecular weight is 179 g/mol. The van der Waals surface area contributed by atoms with E-state index in [0.717, 1.165) is 12.1 Å². The van der Waals surface area contributed by atoms with Crippen LogP contribution in [-0.4, -0.2) is 20.8 Å². The molecule has 1 aliphatic carbocycles. The van der Waals surface area contributed by atoms with Crippen LogP contribution in [0.1, 0.15) is 25.0 Å². The smallest absolute Gasteiger partial charge is 0.139 e. The highest BCUT2D eigenvalue weighted by molar-refractivity contribution is 5.80. The highest BCUT2D eigenvalue weighted by atomic mass is 16.1. The number of hydrogen-bond acceptors (Lipinski definition) is 3. The zero-order valence-electron chi connectivity index (χ0n) is 7.73. The first-order valence-corrected chi connectivity index (χ1v) is 4.61. The molecule has 70 valence electrons. The van der Waals surface area contributed by atoms with Crippen LogP contribution in [0.5, 0.6) is 0 Å². The van der Waals surface area contributed by atoms with Crippen LogP contribution < -0.4 is 0 Å². The third-order valence-corrected chi connectivity index (χ3v) is 2.24. The highest BCUT2D eigenvalue weighted by Crippen LogP contribution is 2.32. The van der Waals surface area contributed by atoms with Gasteiger partial charge in [-0.25, -0.2) is 0 Å². The number of Topliss-reactive ketones (excluding diaryl/α,β-unsaturated/α-hetero) is 1. The van der Waals surface area contributed by atoms with Gasteiger partial charge in [0.1, 0.15) is 5.78 Å². The number of carbonyl (C=O) groups excluding carboxylic acids is 1. The van der Waals surface area contributed by atoms with Gasteiger partial charge in [0.25, 0.3) is 0 Å². The van der Waals surface area contributed by atoms with E-state index in [9.17, 15) is 4.79 Å². The third kappa shape index (κ3) is 2.37. The van der Waals surface area contributed by atoms with Crippen molar-refractivity contribution in [3.63, 3.8) is 0 Å². The molecule has 13 heavy (non-hydrogen) atoms. The lowest BCUT2D eigenvalue weighted by Gasteiger charge is -1.93. The van der Waals surface area contributed by atoms with E-state index < -0.39 is 0 Å². The van der Waals surface area contributed by atoms with Crippen molar-refractivity contribution in [2.24, 2.45) is 13.0 Å². The van der Waals surface area contributed by atoms with Gasteiger partial charge < -0.3 is 0 Å². The van der Waals surface area contributed by atoms with Gasteiger partial charge in [-0.2, -0.15) is 0 Å². The SMILES string of the molecule is Cn1cc(CC(=O)CC2CC2)nn1. The van der Waals surface area contributed by atoms with E-state index in [2.05, 4.69) is 10.3 Å². The summed E-state index contributed by atoms with van der Waals surface area (Å²) in [6.45, 7) is 0. The summed E-state index contributed by atoms with van der Waals surface area (Å²) in [5.74, 6) is 0.965. The summed E-state index contributed by atoms with van der Waals surface area (Å²) in [4.78, 5) is 11.4. The molecule has 1 saturated carbocycles. The summed E-state index contributed by atoms with van der Waals surface area (Å²) in [5, 5.41) is 7.65. The maximum absolute atomic E-state index is 11.4. The lowest BCUT2D eigenvalue weighted by atomic mass is 10.1. The molecule has 0 spiro atoms. The molecule has 2 rings (SSSR count). The molecule has 0 radical (unpaired) electrons. The molecular weight excluding hydrogens is 166 g/mol. The molecule has 4 nitrogen and oxygen atoms in total. The van der Waals surface area contributed by atoms with E-state index in [1.807, 2.05) is 7.05 Å². The predicted octanol–water partition coefficient (Wildman–Crippen LogP) is 0.727. The second-order valence-corrected chi connectivity index (χ2v) is 3.75. The number of aryl methyl sites for hydroxylation is 1. The Morgan fingerprint density at radius 1 is 1.69 bits per heavy atom. The molecule has 1 fully saturated rings. The molecule has 4 heteroatoms. The Morgan fingerprint density at radius 3 is 3.00 bits per heavy atom. The topological polar surface area (TPSA) is 47.8 Å². The molecule has 0 amide bonds. The van der Waals surface area contributed by atoms with Gasteiger partial charge in [-0.1, -0.05) is 5.21 Å². The van der Waals surface area contributed by atoms with Crippen LogP contribution in [0.4, 0.5) is 0 Å². The van der Waals surface area contributed by atoms with Crippen LogP contribution in [0.25, 0.3) is 0 Å². The van der Waals surface area contributed by atoms with E-state index in [0.29, 0.717) is 18.1 Å². The van der Waals surface area contributed by atoms with E-state index >= 15 is 0 Å². The molecular formula is C9H13N3O. The Labute approximate surface area is 76.9 Å². The molecule has 1 aromatic heterocycles. The number of aromatic nitrogens is 3. The molecule has 0 unspecified atom stereocenters. The molecule has 0 aliphatic heterocycles. The van der Waals surface area contributed by atoms with E-state index in [4.69, 9.17) is 0 Å². The summed E-state index contributed by atoms with van der Waals surface area (Å²) in [6, 6.07) is 0. The van der Waals surface area contributed by atoms with Crippen LogP contribution in [0.2, 0.25) is 0 Å². The van der Waals surface area contributed by atoms with Crippen LogP contribution in [0.15, 0.2) is 6.20 Å². The van der Waals surface area contributed by atoms with Crippen LogP contribution in [-0.2, 0) is 18.3 Å². The Morgan fingerprint density at radius 2 is 2.46 bits per heavy atom. The summed E-state index contributed by atoms with van der Waals surface area (Å²) in [7, 11) is 1.81. The Balaban J connectivity index is 1.85. The van der Waals surface area contributed by atoms with Crippen molar-refractivity contribution >= 4 is 5.78 Å². The molecule has 1 heterocycles. The van der Waals surface area contributed by atoms with Crippen molar-refractivity contribution in [2.45, 2.75) is 25.7 Å². The molecule has 0 atom stereocenters. The standard InChI is InChI=1S/C9H13N3O/c1-12-6-8(10-11-12)5-9(13)4-7-2-3-7/h6-7H,2-5H2,1H3. The van der Waals surface area contributed by atoms with E-state index in [1.54, 1.807) is 10.9 Å². The number of hydrogen-bond donors (Lipinski definition) is 0. The van der Waals surface area contributed by atoms with E-state index in [1.165, 1.54) is 12.8 Å². The molecule has 0 saturated heterocycles. The summed E-state index contributed by atoms with van der Waals surface area (Å²) >= 11 is 0. The predicted molar refractivity (Wildman–Crippen MR) is 47.1 cm³/mol. The molecule has 1 aliphatic rings. The fourth-order valence-corrected chi connectivity index (χ4v) is 1.39. The maximum Gasteiger partial charge on any atom is 0.139 e. The fraction of sp³-hybridized carbons (Fsp3) is 0.667. The van der Waals surface area contributed by atoms with Crippen molar-refractivity contribution in [1.29, 1.82) is 0 Å². The van der Waals surface area contributed by atoms with Gasteiger partial charge >= 0.3 is 0 Å². The van der Waals surface area contributed by atoms with Gasteiger partial charge in [-0.05, 0) is 18.8 Å². The Hall–Kier alpha value is -1.19. The van der Waals surface area contributed by atoms with Crippen molar-refractivity contribution in [3.05, 3.63) is 11.9 Å². The Bertz CT molecular complexity index is 314. The maximum atomic E-state index is 11.4. The molecule has 0 N–H and O–H groups in total. The third-order valence-electron chi connectivity index (χ3n) is 2.24. The van der Waals surface area contributed by atoms with Gasteiger partial charge in [-0.3, -0.25) is 9.48 Å². The number of carbonyl (C=O) groups is 1. The summed E-state index contributed by atoms with van der Waals surface area (Å²) < 4.78 is 1.62. The van der Waals surface area contributed by atoms with Crippen molar-refractivity contribution in [1.82, 2.24) is 15.0 Å². The van der Waals surface area contributed by atoms with Gasteiger partial charge in [0.05, 0.1) is 12.1 Å². The highest BCUT2D eigenvalue weighted by Gasteiger charge is 2.24. The second-order valence-electron chi connectivity index (χ2n) is 3.75. The number of ketones is 1. The van der Waals surface area contributed by atoms with Crippen molar-refractivity contribution in [2.75, 3.05) is 0 Å². The van der Waals surface area contributed by atoms with Crippen LogP contribution >= 0.6 is 0 Å². The van der Waals surface area contributed by atoms with Gasteiger partial charge in [0, 0.05) is 19.7 Å². The number of rotatable bonds is 4. The first-order valence-electron chi connectivity index (χ1n) is 4.61. The van der Waals surface area contributed by atoms with Crippen molar-refractivity contribution in [3.8, 4) is 0 Å². The first-order chi connectivity index (χ1) is 6.24. The second kappa shape index (κ2) is 3.28. The van der Waals surface area contributed by atoms with Crippen LogP contribution in [0.3, 0.4) is 0 Å². The van der Waals surface area contributed by atoms with Gasteiger partial charge in [0.2, 0.25) is 0 Å². The average Bonchev–Trinajstić information content (AvgIpc) is 2.76. The summed E-state index contributed by atoms with van der Waals surface area (Å²) in [5.41, 5.74) is 0.785. The fourth-order valence-electron chi connectivity index (χ4n) is 1.39. The minimum absolute atomic E-state index is 0.294. The molecule has 0 aromatic carbocycles.